The largest absolute Gasteiger partial charge is 0.368 e. The van der Waals surface area contributed by atoms with Gasteiger partial charge in [-0.05, 0) is 36.4 Å². The molecule has 1 saturated heterocycles. The molecular formula is C22H19FN4O. The molecule has 0 bridgehead atoms. The van der Waals surface area contributed by atoms with Crippen molar-refractivity contribution in [1.82, 2.24) is 14.9 Å². The number of nitrogens with zero attached hydrogens (tertiary/aromatic N) is 3. The number of aromatic amines is 1. The number of pyridine rings is 1. The van der Waals surface area contributed by atoms with Crippen LogP contribution >= 0.6 is 0 Å². The molecule has 0 atom stereocenters. The van der Waals surface area contributed by atoms with Gasteiger partial charge >= 0.3 is 0 Å². The van der Waals surface area contributed by atoms with Crippen molar-refractivity contribution in [3.05, 3.63) is 72.3 Å². The molecular weight excluding hydrogens is 355 g/mol. The number of carbonyl (C=O) groups excluding carboxylic acids is 1. The quantitative estimate of drug-likeness (QED) is 0.580. The number of nitrogens with one attached hydrogen (secondary N) is 1. The van der Waals surface area contributed by atoms with Crippen LogP contribution < -0.4 is 4.90 Å². The van der Waals surface area contributed by atoms with Crippen molar-refractivity contribution >= 4 is 33.4 Å². The number of hydrogen-bond acceptors (Lipinski definition) is 3. The van der Waals surface area contributed by atoms with E-state index in [2.05, 4.69) is 14.9 Å². The molecule has 5 rings (SSSR count). The minimum Gasteiger partial charge on any atom is -0.368 e. The van der Waals surface area contributed by atoms with Crippen LogP contribution in [0.15, 0.2) is 60.8 Å². The van der Waals surface area contributed by atoms with Gasteiger partial charge in [0.25, 0.3) is 5.91 Å². The van der Waals surface area contributed by atoms with Crippen LogP contribution in [-0.2, 0) is 0 Å². The van der Waals surface area contributed by atoms with E-state index >= 15 is 0 Å². The molecule has 1 fully saturated rings. The molecule has 4 aromatic rings. The third-order valence-electron chi connectivity index (χ3n) is 5.36. The van der Waals surface area contributed by atoms with E-state index < -0.39 is 0 Å². The van der Waals surface area contributed by atoms with Crippen molar-refractivity contribution in [1.29, 1.82) is 0 Å². The Morgan fingerprint density at radius 1 is 0.964 bits per heavy atom. The lowest BCUT2D eigenvalue weighted by atomic mass is 10.1. The smallest absolute Gasteiger partial charge is 0.270 e. The number of carbonyl (C=O) groups is 1. The molecule has 1 aliphatic rings. The van der Waals surface area contributed by atoms with E-state index in [-0.39, 0.29) is 11.7 Å². The Balaban J connectivity index is 1.35. The Morgan fingerprint density at radius 2 is 1.71 bits per heavy atom. The van der Waals surface area contributed by atoms with Gasteiger partial charge in [0.2, 0.25) is 0 Å². The van der Waals surface area contributed by atoms with Gasteiger partial charge in [-0.3, -0.25) is 9.78 Å². The summed E-state index contributed by atoms with van der Waals surface area (Å²) in [4.78, 5) is 24.8. The molecule has 0 aliphatic carbocycles. The van der Waals surface area contributed by atoms with Crippen LogP contribution in [0.5, 0.6) is 0 Å². The van der Waals surface area contributed by atoms with E-state index in [9.17, 15) is 9.18 Å². The first kappa shape index (κ1) is 16.7. The second kappa shape index (κ2) is 6.64. The number of rotatable bonds is 2. The zero-order valence-corrected chi connectivity index (χ0v) is 15.2. The minimum absolute atomic E-state index is 0.000891. The van der Waals surface area contributed by atoms with Crippen LogP contribution in [0.25, 0.3) is 21.8 Å². The standard InChI is InChI=1S/C22H19FN4O/c23-17-5-7-18(8-6-17)26-10-12-27(13-11-26)22(28)19-14-16-4-3-15-2-1-9-24-20(15)21(16)25-19/h1-9,14,25H,10-13H2. The predicted molar refractivity (Wildman–Crippen MR) is 108 cm³/mol. The maximum absolute atomic E-state index is 13.1. The molecule has 1 amide bonds. The van der Waals surface area contributed by atoms with E-state index in [1.165, 1.54) is 12.1 Å². The molecule has 2 aromatic carbocycles. The molecule has 3 heterocycles. The summed E-state index contributed by atoms with van der Waals surface area (Å²) in [7, 11) is 0. The van der Waals surface area contributed by atoms with E-state index in [1.54, 1.807) is 18.3 Å². The molecule has 28 heavy (non-hydrogen) atoms. The highest BCUT2D eigenvalue weighted by atomic mass is 19.1. The van der Waals surface area contributed by atoms with Gasteiger partial charge in [-0.15, -0.1) is 0 Å². The van der Waals surface area contributed by atoms with E-state index in [4.69, 9.17) is 0 Å². The van der Waals surface area contributed by atoms with Gasteiger partial charge in [0.15, 0.2) is 0 Å². The Hall–Kier alpha value is -3.41. The molecule has 2 aromatic heterocycles. The zero-order chi connectivity index (χ0) is 19.1. The van der Waals surface area contributed by atoms with Crippen molar-refractivity contribution in [2.45, 2.75) is 0 Å². The van der Waals surface area contributed by atoms with Crippen molar-refractivity contribution < 1.29 is 9.18 Å². The first-order valence-electron chi connectivity index (χ1n) is 9.35. The van der Waals surface area contributed by atoms with Gasteiger partial charge < -0.3 is 14.8 Å². The van der Waals surface area contributed by atoms with Gasteiger partial charge in [0.05, 0.1) is 11.0 Å². The first-order valence-corrected chi connectivity index (χ1v) is 9.35. The Bertz CT molecular complexity index is 1160. The van der Waals surface area contributed by atoms with Crippen LogP contribution in [0.4, 0.5) is 10.1 Å². The number of anilines is 1. The van der Waals surface area contributed by atoms with Crippen molar-refractivity contribution in [3.63, 3.8) is 0 Å². The number of piperazine rings is 1. The lowest BCUT2D eigenvalue weighted by molar-refractivity contribution is 0.0742. The molecule has 0 unspecified atom stereocenters. The topological polar surface area (TPSA) is 52.2 Å². The van der Waals surface area contributed by atoms with Gasteiger partial charge in [-0.25, -0.2) is 4.39 Å². The molecule has 140 valence electrons. The van der Waals surface area contributed by atoms with Crippen LogP contribution in [0, 0.1) is 5.82 Å². The van der Waals surface area contributed by atoms with Crippen LogP contribution in [0.3, 0.4) is 0 Å². The average molecular weight is 374 g/mol. The van der Waals surface area contributed by atoms with Gasteiger partial charge in [0, 0.05) is 48.8 Å². The monoisotopic (exact) mass is 374 g/mol. The van der Waals surface area contributed by atoms with Crippen molar-refractivity contribution in [3.8, 4) is 0 Å². The molecule has 1 N–H and O–H groups in total. The number of amides is 1. The third-order valence-corrected chi connectivity index (χ3v) is 5.36. The van der Waals surface area contributed by atoms with E-state index in [1.807, 2.05) is 35.2 Å². The molecule has 0 spiro atoms. The summed E-state index contributed by atoms with van der Waals surface area (Å²) in [5, 5.41) is 2.03. The average Bonchev–Trinajstić information content (AvgIpc) is 3.19. The first-order chi connectivity index (χ1) is 13.7. The number of H-pyrrole nitrogens is 1. The lowest BCUT2D eigenvalue weighted by Crippen LogP contribution is -2.48. The maximum atomic E-state index is 13.1. The SMILES string of the molecule is O=C(c1cc2ccc3cccnc3c2[nH]1)N1CCN(c2ccc(F)cc2)CC1. The highest BCUT2D eigenvalue weighted by Crippen LogP contribution is 2.25. The minimum atomic E-state index is -0.238. The van der Waals surface area contributed by atoms with Gasteiger partial charge in [-0.2, -0.15) is 0 Å². The fourth-order valence-corrected chi connectivity index (χ4v) is 3.84. The fourth-order valence-electron chi connectivity index (χ4n) is 3.84. The zero-order valence-electron chi connectivity index (χ0n) is 15.2. The number of fused-ring (bicyclic) bond motifs is 3. The normalized spacial score (nSPS) is 14.8. The Labute approximate surface area is 161 Å². The molecule has 1 aliphatic heterocycles. The number of halogens is 1. The number of benzene rings is 2. The summed E-state index contributed by atoms with van der Waals surface area (Å²) in [6.45, 7) is 2.71. The van der Waals surface area contributed by atoms with Crippen LogP contribution in [0.2, 0.25) is 0 Å². The Kier molecular flexibility index (Phi) is 3.97. The highest BCUT2D eigenvalue weighted by Gasteiger charge is 2.23. The number of aromatic nitrogens is 2. The second-order valence-corrected chi connectivity index (χ2v) is 7.04. The van der Waals surface area contributed by atoms with E-state index in [0.717, 1.165) is 40.6 Å². The van der Waals surface area contributed by atoms with Gasteiger partial charge in [-0.1, -0.05) is 18.2 Å². The summed E-state index contributed by atoms with van der Waals surface area (Å²) < 4.78 is 13.1. The fraction of sp³-hybridized carbons (Fsp3) is 0.182. The van der Waals surface area contributed by atoms with Crippen LogP contribution in [-0.4, -0.2) is 47.0 Å². The predicted octanol–water partition coefficient (Wildman–Crippen LogP) is 3.82. The molecule has 6 heteroatoms. The summed E-state index contributed by atoms with van der Waals surface area (Å²) >= 11 is 0. The maximum Gasteiger partial charge on any atom is 0.270 e. The lowest BCUT2D eigenvalue weighted by Gasteiger charge is -2.36. The highest BCUT2D eigenvalue weighted by molar-refractivity contribution is 6.07. The van der Waals surface area contributed by atoms with Crippen molar-refractivity contribution in [2.75, 3.05) is 31.1 Å². The molecule has 5 nitrogen and oxygen atoms in total. The summed E-state index contributed by atoms with van der Waals surface area (Å²) in [6.07, 6.45) is 1.76. The Morgan fingerprint density at radius 3 is 2.50 bits per heavy atom. The summed E-state index contributed by atoms with van der Waals surface area (Å²) in [5.74, 6) is -0.238. The van der Waals surface area contributed by atoms with E-state index in [0.29, 0.717) is 18.8 Å². The summed E-state index contributed by atoms with van der Waals surface area (Å²) in [5.41, 5.74) is 3.34. The molecule has 0 saturated carbocycles. The second-order valence-electron chi connectivity index (χ2n) is 7.04. The molecule has 0 radical (unpaired) electrons. The third kappa shape index (κ3) is 2.87. The van der Waals surface area contributed by atoms with Crippen molar-refractivity contribution in [2.24, 2.45) is 0 Å². The number of hydrogen-bond donors (Lipinski definition) is 1. The van der Waals surface area contributed by atoms with Gasteiger partial charge in [0.1, 0.15) is 11.5 Å². The van der Waals surface area contributed by atoms with Crippen LogP contribution in [0.1, 0.15) is 10.5 Å². The summed E-state index contributed by atoms with van der Waals surface area (Å²) in [6, 6.07) is 16.4.